The van der Waals surface area contributed by atoms with Crippen molar-refractivity contribution >= 4 is 9.28 Å². The fourth-order valence-corrected chi connectivity index (χ4v) is 3.68. The van der Waals surface area contributed by atoms with Crippen molar-refractivity contribution in [3.8, 4) is 0 Å². The molecule has 3 nitrogen and oxygen atoms in total. The van der Waals surface area contributed by atoms with Gasteiger partial charge in [-0.15, -0.1) is 0 Å². The Morgan fingerprint density at radius 3 is 1.94 bits per heavy atom. The van der Waals surface area contributed by atoms with Crippen LogP contribution in [-0.2, 0) is 8.85 Å². The van der Waals surface area contributed by atoms with Crippen molar-refractivity contribution in [1.29, 1.82) is 0 Å². The Labute approximate surface area is 109 Å². The molecule has 1 atom stereocenters. The molecule has 1 aliphatic rings. The van der Waals surface area contributed by atoms with Crippen LogP contribution in [0.15, 0.2) is 0 Å². The van der Waals surface area contributed by atoms with Crippen LogP contribution in [-0.4, -0.2) is 36.1 Å². The molecular weight excluding hydrogens is 230 g/mol. The zero-order chi connectivity index (χ0) is 13.3. The van der Waals surface area contributed by atoms with E-state index in [4.69, 9.17) is 8.85 Å². The maximum absolute atomic E-state index is 5.18. The number of hydrogen-bond donors (Lipinski definition) is 1. The third kappa shape index (κ3) is 7.92. The molecule has 1 fully saturated rings. The molecule has 0 aliphatic carbocycles. The normalized spacial score (nSPS) is 21.0. The summed E-state index contributed by atoms with van der Waals surface area (Å²) in [5.74, 6) is 0. The molecule has 0 spiro atoms. The molecule has 0 saturated carbocycles. The van der Waals surface area contributed by atoms with E-state index in [0.29, 0.717) is 0 Å². The van der Waals surface area contributed by atoms with Crippen molar-refractivity contribution in [1.82, 2.24) is 5.32 Å². The van der Waals surface area contributed by atoms with Crippen LogP contribution < -0.4 is 5.32 Å². The first-order chi connectivity index (χ1) is 7.95. The van der Waals surface area contributed by atoms with Gasteiger partial charge in [-0.05, 0) is 25.8 Å². The molecule has 0 bridgehead atoms. The topological polar surface area (TPSA) is 30.5 Å². The lowest BCUT2D eigenvalue weighted by Gasteiger charge is -2.24. The molecule has 0 radical (unpaired) electrons. The molecule has 0 aromatic carbocycles. The molecule has 1 rings (SSSR count). The van der Waals surface area contributed by atoms with Gasteiger partial charge >= 0.3 is 9.28 Å². The van der Waals surface area contributed by atoms with Gasteiger partial charge in [0.25, 0.3) is 0 Å². The van der Waals surface area contributed by atoms with E-state index in [9.17, 15) is 0 Å². The SMILES string of the molecule is CCC1CCCCN1.CO[SiH](OC)C(C)(C)C. The van der Waals surface area contributed by atoms with Gasteiger partial charge in [0.2, 0.25) is 0 Å². The van der Waals surface area contributed by atoms with Crippen LogP contribution >= 0.6 is 0 Å². The third-order valence-electron chi connectivity index (χ3n) is 3.04. The first kappa shape index (κ1) is 17.1. The average molecular weight is 261 g/mol. The van der Waals surface area contributed by atoms with E-state index in [-0.39, 0.29) is 5.04 Å². The van der Waals surface area contributed by atoms with Crippen molar-refractivity contribution in [3.63, 3.8) is 0 Å². The number of nitrogens with one attached hydrogen (secondary N) is 1. The van der Waals surface area contributed by atoms with E-state index >= 15 is 0 Å². The minimum absolute atomic E-state index is 0.212. The predicted molar refractivity (Wildman–Crippen MR) is 76.8 cm³/mol. The molecule has 1 N–H and O–H groups in total. The first-order valence-corrected chi connectivity index (χ1v) is 8.26. The summed E-state index contributed by atoms with van der Waals surface area (Å²) in [6.07, 6.45) is 5.53. The van der Waals surface area contributed by atoms with Gasteiger partial charge in [-0.2, -0.15) is 0 Å². The molecule has 17 heavy (non-hydrogen) atoms. The molecule has 1 saturated heterocycles. The van der Waals surface area contributed by atoms with E-state index in [1.807, 2.05) is 0 Å². The minimum atomic E-state index is -1.38. The van der Waals surface area contributed by atoms with Crippen molar-refractivity contribution in [2.24, 2.45) is 0 Å². The second-order valence-electron chi connectivity index (χ2n) is 5.72. The Morgan fingerprint density at radius 2 is 1.76 bits per heavy atom. The lowest BCUT2D eigenvalue weighted by atomic mass is 10.0. The fraction of sp³-hybridized carbons (Fsp3) is 1.00. The van der Waals surface area contributed by atoms with E-state index in [0.717, 1.165) is 6.04 Å². The number of hydrogen-bond acceptors (Lipinski definition) is 3. The van der Waals surface area contributed by atoms with Crippen molar-refractivity contribution in [2.45, 2.75) is 64.5 Å². The quantitative estimate of drug-likeness (QED) is 0.793. The number of piperidine rings is 1. The van der Waals surface area contributed by atoms with Gasteiger partial charge in [0.05, 0.1) is 0 Å². The van der Waals surface area contributed by atoms with E-state index in [1.54, 1.807) is 14.2 Å². The van der Waals surface area contributed by atoms with Gasteiger partial charge in [0.1, 0.15) is 0 Å². The van der Waals surface area contributed by atoms with Crippen molar-refractivity contribution in [2.75, 3.05) is 20.8 Å². The zero-order valence-corrected chi connectivity index (χ0v) is 13.7. The highest BCUT2D eigenvalue weighted by Gasteiger charge is 2.27. The largest absolute Gasteiger partial charge is 0.400 e. The summed E-state index contributed by atoms with van der Waals surface area (Å²) >= 11 is 0. The molecule has 1 aliphatic heterocycles. The molecular formula is C13H31NO2Si. The average Bonchev–Trinajstić information content (AvgIpc) is 2.31. The second kappa shape index (κ2) is 9.08. The highest BCUT2D eigenvalue weighted by Crippen LogP contribution is 2.26. The summed E-state index contributed by atoms with van der Waals surface area (Å²) in [5.41, 5.74) is 0. The van der Waals surface area contributed by atoms with Gasteiger partial charge in [0, 0.05) is 25.3 Å². The van der Waals surface area contributed by atoms with E-state index in [2.05, 4.69) is 33.0 Å². The Hall–Kier alpha value is 0.0969. The Balaban J connectivity index is 0.000000302. The highest BCUT2D eigenvalue weighted by atomic mass is 28.3. The maximum Gasteiger partial charge on any atom is 0.326 e. The van der Waals surface area contributed by atoms with E-state index in [1.165, 1.54) is 32.2 Å². The maximum atomic E-state index is 5.18. The molecule has 1 unspecified atom stereocenters. The Bertz CT molecular complexity index is 173. The van der Waals surface area contributed by atoms with Gasteiger partial charge < -0.3 is 14.2 Å². The predicted octanol–water partition coefficient (Wildman–Crippen LogP) is 2.84. The smallest absolute Gasteiger partial charge is 0.326 e. The van der Waals surface area contributed by atoms with Crippen molar-refractivity contribution in [3.05, 3.63) is 0 Å². The standard InChI is InChI=1S/C7H15N.C6H16O2Si/c1-2-7-5-3-4-6-8-7;1-6(2,3)9(7-4)8-5/h7-8H,2-6H2,1H3;9H,1-5H3. The summed E-state index contributed by atoms with van der Waals surface area (Å²) < 4.78 is 10.4. The molecule has 0 aromatic heterocycles. The Kier molecular flexibility index (Phi) is 9.14. The van der Waals surface area contributed by atoms with Crippen LogP contribution in [0.2, 0.25) is 5.04 Å². The van der Waals surface area contributed by atoms with Crippen LogP contribution in [0.3, 0.4) is 0 Å². The van der Waals surface area contributed by atoms with Gasteiger partial charge in [-0.1, -0.05) is 34.1 Å². The third-order valence-corrected chi connectivity index (χ3v) is 5.31. The summed E-state index contributed by atoms with van der Waals surface area (Å²) in [6.45, 7) is 9.91. The van der Waals surface area contributed by atoms with Gasteiger partial charge in [0.15, 0.2) is 0 Å². The van der Waals surface area contributed by atoms with Crippen LogP contribution in [0, 0.1) is 0 Å². The molecule has 4 heteroatoms. The first-order valence-electron chi connectivity index (χ1n) is 6.74. The minimum Gasteiger partial charge on any atom is -0.400 e. The lowest BCUT2D eigenvalue weighted by Crippen LogP contribution is -2.32. The van der Waals surface area contributed by atoms with E-state index < -0.39 is 9.28 Å². The van der Waals surface area contributed by atoms with Crippen LogP contribution in [0.25, 0.3) is 0 Å². The fourth-order valence-electron chi connectivity index (χ4n) is 2.08. The second-order valence-corrected chi connectivity index (χ2v) is 9.06. The molecule has 1 heterocycles. The molecule has 104 valence electrons. The van der Waals surface area contributed by atoms with Gasteiger partial charge in [-0.3, -0.25) is 0 Å². The molecule has 0 aromatic rings. The van der Waals surface area contributed by atoms with Crippen LogP contribution in [0.5, 0.6) is 0 Å². The lowest BCUT2D eigenvalue weighted by molar-refractivity contribution is 0.251. The number of rotatable bonds is 3. The summed E-state index contributed by atoms with van der Waals surface area (Å²) in [7, 11) is 2.05. The zero-order valence-electron chi connectivity index (χ0n) is 12.5. The summed E-state index contributed by atoms with van der Waals surface area (Å²) in [4.78, 5) is 0. The Morgan fingerprint density at radius 1 is 1.18 bits per heavy atom. The molecule has 0 amide bonds. The monoisotopic (exact) mass is 261 g/mol. The van der Waals surface area contributed by atoms with Crippen molar-refractivity contribution < 1.29 is 8.85 Å². The van der Waals surface area contributed by atoms with Crippen LogP contribution in [0.1, 0.15) is 53.4 Å². The summed E-state index contributed by atoms with van der Waals surface area (Å²) in [6, 6.07) is 0.837. The summed E-state index contributed by atoms with van der Waals surface area (Å²) in [5, 5.41) is 3.68. The van der Waals surface area contributed by atoms with Gasteiger partial charge in [-0.25, -0.2) is 0 Å². The highest BCUT2D eigenvalue weighted by molar-refractivity contribution is 6.48. The van der Waals surface area contributed by atoms with Crippen LogP contribution in [0.4, 0.5) is 0 Å².